The summed E-state index contributed by atoms with van der Waals surface area (Å²) in [5, 5.41) is 15.1. The first-order chi connectivity index (χ1) is 8.01. The largest absolute Gasteiger partial charge is 0.433 e. The van der Waals surface area contributed by atoms with Crippen LogP contribution in [0.4, 0.5) is 9.59 Å². The van der Waals surface area contributed by atoms with Gasteiger partial charge in [0.25, 0.3) is 5.91 Å². The van der Waals surface area contributed by atoms with Gasteiger partial charge in [-0.15, -0.1) is 11.6 Å². The summed E-state index contributed by atoms with van der Waals surface area (Å²) in [7, 11) is 0. The maximum absolute atomic E-state index is 11.0. The molecular weight excluding hydrogens is 254 g/mol. The number of rotatable bonds is 4. The van der Waals surface area contributed by atoms with Crippen LogP contribution in [0.1, 0.15) is 0 Å². The topological polar surface area (TPSA) is 147 Å². The molecule has 0 rings (SSSR count). The number of nitriles is 1. The lowest BCUT2D eigenvalue weighted by atomic mass is 10.4. The number of nitrogens with two attached hydrogens (primary N) is 1. The molecule has 0 unspecified atom stereocenters. The van der Waals surface area contributed by atoms with Gasteiger partial charge in [0, 0.05) is 12.4 Å². The first-order valence-corrected chi connectivity index (χ1v) is 4.64. The first kappa shape index (κ1) is 14.7. The van der Waals surface area contributed by atoms with Crippen LogP contribution in [0, 0.1) is 11.3 Å². The number of hydrogen-bond acceptors (Lipinski definition) is 6. The summed E-state index contributed by atoms with van der Waals surface area (Å²) in [5.41, 5.74) is 3.81. The fraction of sp³-hybridized carbons (Fsp3) is 0.286. The Morgan fingerprint density at radius 2 is 2.12 bits per heavy atom. The van der Waals surface area contributed by atoms with E-state index >= 15 is 0 Å². The Bertz CT molecular complexity index is 388. The van der Waals surface area contributed by atoms with Gasteiger partial charge >= 0.3 is 12.1 Å². The highest BCUT2D eigenvalue weighted by Gasteiger charge is 2.14. The highest BCUT2D eigenvalue weighted by atomic mass is 35.5. The van der Waals surface area contributed by atoms with E-state index < -0.39 is 23.7 Å². The maximum Gasteiger partial charge on any atom is 0.433 e. The molecule has 92 valence electrons. The van der Waals surface area contributed by atoms with Crippen molar-refractivity contribution < 1.29 is 19.2 Å². The number of nitrogens with one attached hydrogen (secondary N) is 2. The van der Waals surface area contributed by atoms with Crippen molar-refractivity contribution in [3.8, 4) is 6.07 Å². The third-order valence-corrected chi connectivity index (χ3v) is 1.33. The van der Waals surface area contributed by atoms with Crippen molar-refractivity contribution in [3.05, 3.63) is 0 Å². The summed E-state index contributed by atoms with van der Waals surface area (Å²) in [5.74, 6) is -1.02. The second-order valence-electron chi connectivity index (χ2n) is 2.36. The minimum absolute atomic E-state index is 0.130. The quantitative estimate of drug-likeness (QED) is 0.258. The lowest BCUT2D eigenvalue weighted by Crippen LogP contribution is -2.39. The van der Waals surface area contributed by atoms with E-state index in [1.807, 2.05) is 0 Å². The summed E-state index contributed by atoms with van der Waals surface area (Å²) >= 11 is 5.27. The zero-order chi connectivity index (χ0) is 13.3. The summed E-state index contributed by atoms with van der Waals surface area (Å²) in [6.45, 7) is 0.130. The van der Waals surface area contributed by atoms with Crippen LogP contribution in [0.5, 0.6) is 0 Å². The number of primary amides is 1. The van der Waals surface area contributed by atoms with Crippen molar-refractivity contribution in [3.63, 3.8) is 0 Å². The number of hydrogen-bond donors (Lipinski definition) is 3. The highest BCUT2D eigenvalue weighted by Crippen LogP contribution is 1.84. The predicted octanol–water partition coefficient (Wildman–Crippen LogP) is -0.974. The van der Waals surface area contributed by atoms with E-state index in [9.17, 15) is 14.4 Å². The summed E-state index contributed by atoms with van der Waals surface area (Å²) in [4.78, 5) is 36.3. The minimum Gasteiger partial charge on any atom is -0.351 e. The van der Waals surface area contributed by atoms with Crippen LogP contribution in [0.3, 0.4) is 0 Å². The number of carbonyl (C=O) groups is 3. The van der Waals surface area contributed by atoms with Gasteiger partial charge in [0.1, 0.15) is 6.07 Å². The number of oxime groups is 1. The van der Waals surface area contributed by atoms with E-state index in [-0.39, 0.29) is 12.4 Å². The van der Waals surface area contributed by atoms with Gasteiger partial charge < -0.3 is 11.1 Å². The smallest absolute Gasteiger partial charge is 0.351 e. The predicted molar refractivity (Wildman–Crippen MR) is 56.0 cm³/mol. The molecule has 0 aliphatic heterocycles. The van der Waals surface area contributed by atoms with Crippen molar-refractivity contribution in [2.75, 3.05) is 12.4 Å². The first-order valence-electron chi connectivity index (χ1n) is 4.11. The van der Waals surface area contributed by atoms with Crippen molar-refractivity contribution in [2.45, 2.75) is 0 Å². The van der Waals surface area contributed by atoms with Gasteiger partial charge in [-0.1, -0.05) is 5.16 Å². The number of carbonyl (C=O) groups excluding carboxylic acids is 3. The van der Waals surface area contributed by atoms with Gasteiger partial charge in [0.15, 0.2) is 0 Å². The number of imide groups is 1. The molecule has 0 saturated carbocycles. The van der Waals surface area contributed by atoms with E-state index in [0.717, 1.165) is 0 Å². The van der Waals surface area contributed by atoms with Crippen LogP contribution in [-0.2, 0) is 9.63 Å². The maximum atomic E-state index is 11.0. The number of amides is 4. The second-order valence-corrected chi connectivity index (χ2v) is 2.74. The number of urea groups is 1. The Morgan fingerprint density at radius 3 is 2.59 bits per heavy atom. The minimum atomic E-state index is -1.18. The molecule has 0 aliphatic carbocycles. The van der Waals surface area contributed by atoms with E-state index in [4.69, 9.17) is 16.9 Å². The van der Waals surface area contributed by atoms with E-state index in [2.05, 4.69) is 21.0 Å². The van der Waals surface area contributed by atoms with Gasteiger partial charge in [0.05, 0.1) is 0 Å². The molecule has 0 aliphatic rings. The Hall–Kier alpha value is -2.34. The van der Waals surface area contributed by atoms with Crippen LogP contribution in [-0.4, -0.2) is 36.2 Å². The molecule has 0 fully saturated rings. The SMILES string of the molecule is N#CC(=NOC(=O)NCCCl)C(=O)NC(N)=O. The summed E-state index contributed by atoms with van der Waals surface area (Å²) < 4.78 is 0. The molecular formula is C7H8ClN5O4. The third-order valence-electron chi connectivity index (χ3n) is 1.14. The Balaban J connectivity index is 4.37. The molecule has 0 saturated heterocycles. The van der Waals surface area contributed by atoms with Crippen molar-refractivity contribution in [2.24, 2.45) is 10.9 Å². The Labute approximate surface area is 101 Å². The van der Waals surface area contributed by atoms with Gasteiger partial charge in [-0.05, 0) is 0 Å². The van der Waals surface area contributed by atoms with E-state index in [1.54, 1.807) is 5.32 Å². The molecule has 17 heavy (non-hydrogen) atoms. The molecule has 4 amide bonds. The average molecular weight is 262 g/mol. The molecule has 0 aromatic carbocycles. The third kappa shape index (κ3) is 6.69. The fourth-order valence-corrected chi connectivity index (χ4v) is 0.647. The second kappa shape index (κ2) is 7.89. The summed E-state index contributed by atoms with van der Waals surface area (Å²) in [6.07, 6.45) is -0.995. The van der Waals surface area contributed by atoms with Crippen LogP contribution in [0.2, 0.25) is 0 Å². The monoisotopic (exact) mass is 261 g/mol. The molecule has 0 heterocycles. The van der Waals surface area contributed by atoms with Crippen molar-refractivity contribution >= 4 is 35.3 Å². The van der Waals surface area contributed by atoms with Crippen LogP contribution >= 0.6 is 11.6 Å². The van der Waals surface area contributed by atoms with E-state index in [1.165, 1.54) is 6.07 Å². The van der Waals surface area contributed by atoms with Crippen LogP contribution in [0.25, 0.3) is 0 Å². The van der Waals surface area contributed by atoms with Crippen molar-refractivity contribution in [1.29, 1.82) is 5.26 Å². The molecule has 0 aromatic rings. The van der Waals surface area contributed by atoms with Crippen LogP contribution in [0.15, 0.2) is 5.16 Å². The van der Waals surface area contributed by atoms with E-state index in [0.29, 0.717) is 0 Å². The molecule has 0 atom stereocenters. The van der Waals surface area contributed by atoms with Crippen LogP contribution < -0.4 is 16.4 Å². The standard InChI is InChI=1S/C7H8ClN5O4/c8-1-2-11-7(16)17-13-4(3-9)5(14)12-6(10)15/h1-2H2,(H,11,16)(H3,10,12,14,15). The highest BCUT2D eigenvalue weighted by molar-refractivity contribution is 6.46. The number of halogens is 1. The summed E-state index contributed by atoms with van der Waals surface area (Å²) in [6, 6.07) is 0.155. The zero-order valence-corrected chi connectivity index (χ0v) is 9.15. The molecule has 0 spiro atoms. The number of nitrogens with zero attached hydrogens (tertiary/aromatic N) is 2. The fourth-order valence-electron chi connectivity index (χ4n) is 0.552. The molecule has 0 radical (unpaired) electrons. The Kier molecular flexibility index (Phi) is 6.80. The normalized spacial score (nSPS) is 10.0. The van der Waals surface area contributed by atoms with Gasteiger partial charge in [0.2, 0.25) is 5.71 Å². The molecule has 0 bridgehead atoms. The number of alkyl halides is 1. The molecule has 0 aromatic heterocycles. The average Bonchev–Trinajstić information content (AvgIpc) is 2.26. The van der Waals surface area contributed by atoms with Crippen molar-refractivity contribution in [1.82, 2.24) is 10.6 Å². The van der Waals surface area contributed by atoms with Gasteiger partial charge in [-0.3, -0.25) is 14.9 Å². The van der Waals surface area contributed by atoms with Gasteiger partial charge in [-0.2, -0.15) is 5.26 Å². The molecule has 4 N–H and O–H groups in total. The molecule has 9 nitrogen and oxygen atoms in total. The Morgan fingerprint density at radius 1 is 1.47 bits per heavy atom. The lowest BCUT2D eigenvalue weighted by molar-refractivity contribution is -0.113. The lowest BCUT2D eigenvalue weighted by Gasteiger charge is -2.00. The van der Waals surface area contributed by atoms with Gasteiger partial charge in [-0.25, -0.2) is 9.59 Å². The zero-order valence-electron chi connectivity index (χ0n) is 8.40. The molecule has 10 heteroatoms.